The maximum absolute atomic E-state index is 13.0. The van der Waals surface area contributed by atoms with E-state index in [4.69, 9.17) is 34.8 Å². The van der Waals surface area contributed by atoms with Gasteiger partial charge in [0.15, 0.2) is 6.29 Å². The summed E-state index contributed by atoms with van der Waals surface area (Å²) in [5.74, 6) is -0.609. The summed E-state index contributed by atoms with van der Waals surface area (Å²) in [5, 5.41) is 0.855. The largest absolute Gasteiger partial charge is 0.298 e. The van der Waals surface area contributed by atoms with Crippen molar-refractivity contribution in [1.29, 1.82) is 0 Å². The topological polar surface area (TPSA) is 30.0 Å². The van der Waals surface area contributed by atoms with Crippen LogP contribution in [0.5, 0.6) is 0 Å². The van der Waals surface area contributed by atoms with Gasteiger partial charge in [0.05, 0.1) is 21.9 Å². The molecule has 0 aliphatic heterocycles. The molecule has 0 radical (unpaired) electrons. The van der Waals surface area contributed by atoms with Gasteiger partial charge in [0.1, 0.15) is 5.82 Å². The molecule has 92 valence electrons. The molecule has 2 aromatic rings. The van der Waals surface area contributed by atoms with E-state index in [-0.39, 0.29) is 21.3 Å². The lowest BCUT2D eigenvalue weighted by molar-refractivity contribution is 0.112. The van der Waals surface area contributed by atoms with Gasteiger partial charge in [-0.3, -0.25) is 9.78 Å². The third-order valence-electron chi connectivity index (χ3n) is 2.25. The maximum atomic E-state index is 13.0. The van der Waals surface area contributed by atoms with Gasteiger partial charge in [0.2, 0.25) is 0 Å². The third kappa shape index (κ3) is 2.48. The van der Waals surface area contributed by atoms with Gasteiger partial charge in [-0.15, -0.1) is 0 Å². The normalized spacial score (nSPS) is 10.4. The molecule has 0 aliphatic rings. The van der Waals surface area contributed by atoms with Gasteiger partial charge in [0, 0.05) is 16.1 Å². The van der Waals surface area contributed by atoms with Gasteiger partial charge in [-0.05, 0) is 18.2 Å². The predicted octanol–water partition coefficient (Wildman–Crippen LogP) is 4.66. The number of nitrogens with zero attached hydrogens (tertiary/aromatic N) is 1. The van der Waals surface area contributed by atoms with Crippen LogP contribution in [-0.4, -0.2) is 11.3 Å². The number of aldehydes is 1. The molecule has 0 N–H and O–H groups in total. The van der Waals surface area contributed by atoms with Crippen molar-refractivity contribution in [3.63, 3.8) is 0 Å². The molecule has 1 heterocycles. The summed E-state index contributed by atoms with van der Waals surface area (Å²) < 4.78 is 13.0. The van der Waals surface area contributed by atoms with Crippen molar-refractivity contribution >= 4 is 41.1 Å². The molecule has 1 aromatic carbocycles. The fourth-order valence-corrected chi connectivity index (χ4v) is 2.52. The SMILES string of the molecule is O=Cc1cc(F)cnc1-c1c(Cl)cc(Cl)cc1Cl. The minimum atomic E-state index is -0.609. The van der Waals surface area contributed by atoms with E-state index in [1.54, 1.807) is 0 Å². The quantitative estimate of drug-likeness (QED) is 0.755. The highest BCUT2D eigenvalue weighted by Crippen LogP contribution is 2.37. The van der Waals surface area contributed by atoms with Crippen LogP contribution in [0, 0.1) is 5.82 Å². The Morgan fingerprint density at radius 1 is 1.11 bits per heavy atom. The Kier molecular flexibility index (Phi) is 3.85. The van der Waals surface area contributed by atoms with E-state index >= 15 is 0 Å². The molecule has 0 bridgehead atoms. The monoisotopic (exact) mass is 303 g/mol. The molecule has 0 fully saturated rings. The van der Waals surface area contributed by atoms with Crippen molar-refractivity contribution < 1.29 is 9.18 Å². The number of halogens is 4. The fourth-order valence-electron chi connectivity index (χ4n) is 1.52. The Morgan fingerprint density at radius 3 is 2.28 bits per heavy atom. The molecule has 0 saturated carbocycles. The van der Waals surface area contributed by atoms with Crippen molar-refractivity contribution in [2.45, 2.75) is 0 Å². The molecule has 6 heteroatoms. The summed E-state index contributed by atoms with van der Waals surface area (Å²) in [6.07, 6.45) is 1.48. The van der Waals surface area contributed by atoms with Gasteiger partial charge >= 0.3 is 0 Å². The Hall–Kier alpha value is -1.16. The molecular formula is C12H5Cl3FNO. The first-order valence-electron chi connectivity index (χ1n) is 4.78. The molecule has 2 nitrogen and oxygen atoms in total. The standard InChI is InChI=1S/C12H5Cl3FNO/c13-7-2-9(14)11(10(15)3-7)12-6(5-18)1-8(16)4-17-12/h1-5H. The van der Waals surface area contributed by atoms with Crippen molar-refractivity contribution in [1.82, 2.24) is 4.98 Å². The lowest BCUT2D eigenvalue weighted by Gasteiger charge is -2.09. The maximum Gasteiger partial charge on any atom is 0.152 e. The van der Waals surface area contributed by atoms with E-state index in [1.165, 1.54) is 12.1 Å². The van der Waals surface area contributed by atoms with Crippen molar-refractivity contribution in [3.05, 3.63) is 50.8 Å². The highest BCUT2D eigenvalue weighted by molar-refractivity contribution is 6.41. The molecule has 0 atom stereocenters. The fraction of sp³-hybridized carbons (Fsp3) is 0. The van der Waals surface area contributed by atoms with E-state index in [1.807, 2.05) is 0 Å². The minimum Gasteiger partial charge on any atom is -0.298 e. The summed E-state index contributed by atoms with van der Waals surface area (Å²) in [6.45, 7) is 0. The number of aromatic nitrogens is 1. The van der Waals surface area contributed by atoms with E-state index in [2.05, 4.69) is 4.98 Å². The Balaban J connectivity index is 2.73. The van der Waals surface area contributed by atoms with Crippen molar-refractivity contribution in [2.24, 2.45) is 0 Å². The van der Waals surface area contributed by atoms with Crippen LogP contribution < -0.4 is 0 Å². The van der Waals surface area contributed by atoms with E-state index in [9.17, 15) is 9.18 Å². The molecule has 1 aromatic heterocycles. The Labute approximate surface area is 117 Å². The number of pyridine rings is 1. The summed E-state index contributed by atoms with van der Waals surface area (Å²) in [4.78, 5) is 14.8. The predicted molar refractivity (Wildman–Crippen MR) is 70.0 cm³/mol. The Bertz CT molecular complexity index is 608. The smallest absolute Gasteiger partial charge is 0.152 e. The molecule has 0 spiro atoms. The summed E-state index contributed by atoms with van der Waals surface area (Å²) in [6, 6.07) is 4.02. The van der Waals surface area contributed by atoms with Gasteiger partial charge in [0.25, 0.3) is 0 Å². The van der Waals surface area contributed by atoms with Crippen LogP contribution >= 0.6 is 34.8 Å². The van der Waals surface area contributed by atoms with Crippen LogP contribution in [0.1, 0.15) is 10.4 Å². The molecule has 0 unspecified atom stereocenters. The molecule has 2 rings (SSSR count). The average Bonchev–Trinajstić information content (AvgIpc) is 2.29. The number of hydrogen-bond donors (Lipinski definition) is 0. The number of carbonyl (C=O) groups excluding carboxylic acids is 1. The third-order valence-corrected chi connectivity index (χ3v) is 3.07. The summed E-state index contributed by atoms with van der Waals surface area (Å²) >= 11 is 17.8. The van der Waals surface area contributed by atoms with Crippen molar-refractivity contribution in [2.75, 3.05) is 0 Å². The number of rotatable bonds is 2. The molecule has 0 aliphatic carbocycles. The second-order valence-electron chi connectivity index (χ2n) is 3.45. The lowest BCUT2D eigenvalue weighted by atomic mass is 10.1. The zero-order chi connectivity index (χ0) is 13.3. The van der Waals surface area contributed by atoms with Crippen LogP contribution in [0.25, 0.3) is 11.3 Å². The lowest BCUT2D eigenvalue weighted by Crippen LogP contribution is -1.95. The summed E-state index contributed by atoms with van der Waals surface area (Å²) in [7, 11) is 0. The van der Waals surface area contributed by atoms with Crippen LogP contribution in [-0.2, 0) is 0 Å². The van der Waals surface area contributed by atoms with E-state index in [0.29, 0.717) is 16.9 Å². The van der Waals surface area contributed by atoms with Gasteiger partial charge in [-0.25, -0.2) is 4.39 Å². The van der Waals surface area contributed by atoms with Crippen LogP contribution in [0.3, 0.4) is 0 Å². The number of hydrogen-bond acceptors (Lipinski definition) is 2. The highest BCUT2D eigenvalue weighted by Gasteiger charge is 2.15. The zero-order valence-electron chi connectivity index (χ0n) is 8.75. The van der Waals surface area contributed by atoms with Gasteiger partial charge in [-0.2, -0.15) is 0 Å². The molecule has 0 amide bonds. The Morgan fingerprint density at radius 2 is 1.72 bits per heavy atom. The minimum absolute atomic E-state index is 0.0705. The zero-order valence-corrected chi connectivity index (χ0v) is 11.0. The van der Waals surface area contributed by atoms with Gasteiger partial charge in [-0.1, -0.05) is 34.8 Å². The number of benzene rings is 1. The van der Waals surface area contributed by atoms with Crippen LogP contribution in [0.2, 0.25) is 15.1 Å². The van der Waals surface area contributed by atoms with Crippen molar-refractivity contribution in [3.8, 4) is 11.3 Å². The second-order valence-corrected chi connectivity index (χ2v) is 4.70. The highest BCUT2D eigenvalue weighted by atomic mass is 35.5. The van der Waals surface area contributed by atoms with Crippen LogP contribution in [0.15, 0.2) is 24.4 Å². The first-order valence-corrected chi connectivity index (χ1v) is 5.92. The first-order chi connectivity index (χ1) is 8.52. The number of carbonyl (C=O) groups is 1. The van der Waals surface area contributed by atoms with Gasteiger partial charge < -0.3 is 0 Å². The molecule has 18 heavy (non-hydrogen) atoms. The van der Waals surface area contributed by atoms with Crippen LogP contribution in [0.4, 0.5) is 4.39 Å². The van der Waals surface area contributed by atoms with E-state index < -0.39 is 5.82 Å². The first kappa shape index (κ1) is 13.3. The molecular weight excluding hydrogens is 299 g/mol. The molecule has 0 saturated heterocycles. The average molecular weight is 305 g/mol. The summed E-state index contributed by atoms with van der Waals surface area (Å²) in [5.41, 5.74) is 0.643. The second kappa shape index (κ2) is 5.22. The van der Waals surface area contributed by atoms with E-state index in [0.717, 1.165) is 12.3 Å².